The van der Waals surface area contributed by atoms with Crippen molar-refractivity contribution in [3.63, 3.8) is 0 Å². The summed E-state index contributed by atoms with van der Waals surface area (Å²) in [6.07, 6.45) is 5.84. The lowest BCUT2D eigenvalue weighted by molar-refractivity contribution is 0.457. The fourth-order valence-electron chi connectivity index (χ4n) is 2.26. The molecule has 1 fully saturated rings. The van der Waals surface area contributed by atoms with E-state index >= 15 is 0 Å². The molecule has 0 heterocycles. The van der Waals surface area contributed by atoms with Crippen LogP contribution in [0.15, 0.2) is 0 Å². The van der Waals surface area contributed by atoms with Gasteiger partial charge in [-0.3, -0.25) is 0 Å². The lowest BCUT2D eigenvalue weighted by atomic mass is 10.0. The van der Waals surface area contributed by atoms with Gasteiger partial charge in [0.25, 0.3) is 0 Å². The van der Waals surface area contributed by atoms with Gasteiger partial charge in [-0.2, -0.15) is 0 Å². The molecule has 1 aliphatic carbocycles. The largest absolute Gasteiger partial charge is 0.0683 e. The molecule has 0 heteroatoms. The Morgan fingerprint density at radius 3 is 1.75 bits per heavy atom. The normalized spacial score (nSPS) is 34.2. The molecule has 12 heavy (non-hydrogen) atoms. The molecule has 1 rings (SSSR count). The molecular weight excluding hydrogens is 144 g/mol. The summed E-state index contributed by atoms with van der Waals surface area (Å²) in [4.78, 5) is 0. The summed E-state index contributed by atoms with van der Waals surface area (Å²) < 4.78 is 0. The third-order valence-electron chi connectivity index (χ3n) is 3.08. The molecule has 2 atom stereocenters. The molecule has 2 unspecified atom stereocenters. The van der Waals surface area contributed by atoms with Crippen LogP contribution in [0.25, 0.3) is 0 Å². The maximum Gasteiger partial charge on any atom is -0.0409 e. The monoisotopic (exact) mass is 170 g/mol. The second-order valence-corrected chi connectivity index (χ2v) is 4.08. The molecule has 0 aromatic rings. The number of rotatable bonds is 2. The van der Waals surface area contributed by atoms with Gasteiger partial charge in [-0.05, 0) is 30.6 Å². The van der Waals surface area contributed by atoms with Crippen LogP contribution in [-0.4, -0.2) is 0 Å². The average Bonchev–Trinajstić information content (AvgIpc) is 2.36. The summed E-state index contributed by atoms with van der Waals surface area (Å²) in [6.45, 7) is 11.1. The van der Waals surface area contributed by atoms with E-state index in [0.717, 1.165) is 17.8 Å². The van der Waals surface area contributed by atoms with Crippen LogP contribution in [0.5, 0.6) is 0 Å². The van der Waals surface area contributed by atoms with Gasteiger partial charge in [-0.1, -0.05) is 47.5 Å². The van der Waals surface area contributed by atoms with Crippen LogP contribution in [0.3, 0.4) is 0 Å². The van der Waals surface area contributed by atoms with Gasteiger partial charge in [0.15, 0.2) is 0 Å². The number of hydrogen-bond donors (Lipinski definition) is 0. The molecule has 0 bridgehead atoms. The van der Waals surface area contributed by atoms with Gasteiger partial charge < -0.3 is 0 Å². The summed E-state index contributed by atoms with van der Waals surface area (Å²) in [5, 5.41) is 0. The molecule has 1 saturated carbocycles. The molecule has 74 valence electrons. The van der Waals surface area contributed by atoms with E-state index in [0.29, 0.717) is 0 Å². The third kappa shape index (κ3) is 3.60. The van der Waals surface area contributed by atoms with E-state index in [9.17, 15) is 0 Å². The Hall–Kier alpha value is 0. The summed E-state index contributed by atoms with van der Waals surface area (Å²) in [6, 6.07) is 0. The minimum Gasteiger partial charge on any atom is -0.0683 e. The van der Waals surface area contributed by atoms with Crippen LogP contribution in [0.1, 0.15) is 60.3 Å². The molecule has 0 spiro atoms. The lowest BCUT2D eigenvalue weighted by Crippen LogP contribution is -1.95. The SMILES string of the molecule is CC.CCCC1CC(C)C(C)C1. The smallest absolute Gasteiger partial charge is 0.0409 e. The van der Waals surface area contributed by atoms with Crippen LogP contribution in [0, 0.1) is 17.8 Å². The Morgan fingerprint density at radius 1 is 1.00 bits per heavy atom. The Balaban J connectivity index is 0.000000561. The maximum absolute atomic E-state index is 2.40. The average molecular weight is 170 g/mol. The minimum atomic E-state index is 0.997. The zero-order chi connectivity index (χ0) is 9.56. The first-order valence-corrected chi connectivity index (χ1v) is 5.74. The first-order valence-electron chi connectivity index (χ1n) is 5.74. The van der Waals surface area contributed by atoms with Gasteiger partial charge in [0.2, 0.25) is 0 Å². The van der Waals surface area contributed by atoms with Crippen LogP contribution in [0.4, 0.5) is 0 Å². The molecule has 0 amide bonds. The molecule has 0 aliphatic heterocycles. The summed E-state index contributed by atoms with van der Waals surface area (Å²) in [7, 11) is 0. The zero-order valence-electron chi connectivity index (χ0n) is 9.56. The van der Waals surface area contributed by atoms with Gasteiger partial charge in [-0.15, -0.1) is 0 Å². The van der Waals surface area contributed by atoms with Crippen molar-refractivity contribution < 1.29 is 0 Å². The minimum absolute atomic E-state index is 0.997. The molecule has 0 aromatic carbocycles. The fourth-order valence-corrected chi connectivity index (χ4v) is 2.26. The van der Waals surface area contributed by atoms with Gasteiger partial charge in [0.1, 0.15) is 0 Å². The summed E-state index contributed by atoms with van der Waals surface area (Å²) in [5.74, 6) is 3.06. The highest BCUT2D eigenvalue weighted by atomic mass is 14.3. The van der Waals surface area contributed by atoms with Crippen molar-refractivity contribution in [2.24, 2.45) is 17.8 Å². The van der Waals surface area contributed by atoms with E-state index in [1.165, 1.54) is 25.7 Å². The van der Waals surface area contributed by atoms with E-state index in [1.54, 1.807) is 0 Å². The van der Waals surface area contributed by atoms with Crippen LogP contribution < -0.4 is 0 Å². The van der Waals surface area contributed by atoms with Crippen LogP contribution in [0.2, 0.25) is 0 Å². The zero-order valence-corrected chi connectivity index (χ0v) is 9.56. The van der Waals surface area contributed by atoms with E-state index < -0.39 is 0 Å². The van der Waals surface area contributed by atoms with Gasteiger partial charge in [-0.25, -0.2) is 0 Å². The first-order chi connectivity index (χ1) is 5.74. The van der Waals surface area contributed by atoms with Crippen molar-refractivity contribution in [2.45, 2.75) is 60.3 Å². The van der Waals surface area contributed by atoms with Crippen molar-refractivity contribution in [1.29, 1.82) is 0 Å². The Labute approximate surface area is 78.8 Å². The van der Waals surface area contributed by atoms with Crippen LogP contribution in [-0.2, 0) is 0 Å². The summed E-state index contributed by atoms with van der Waals surface area (Å²) >= 11 is 0. The van der Waals surface area contributed by atoms with Crippen molar-refractivity contribution in [1.82, 2.24) is 0 Å². The summed E-state index contributed by atoms with van der Waals surface area (Å²) in [5.41, 5.74) is 0. The topological polar surface area (TPSA) is 0 Å². The third-order valence-corrected chi connectivity index (χ3v) is 3.08. The standard InChI is InChI=1S/C10H20.C2H6/c1-4-5-10-6-8(2)9(3)7-10;1-2/h8-10H,4-7H2,1-3H3;1-2H3. The predicted octanol–water partition coefficient (Wildman–Crippen LogP) is 4.49. The van der Waals surface area contributed by atoms with Crippen molar-refractivity contribution in [2.75, 3.05) is 0 Å². The fraction of sp³-hybridized carbons (Fsp3) is 1.00. The van der Waals surface area contributed by atoms with Crippen molar-refractivity contribution in [3.8, 4) is 0 Å². The predicted molar refractivity (Wildman–Crippen MR) is 57.3 cm³/mol. The Morgan fingerprint density at radius 2 is 1.42 bits per heavy atom. The van der Waals surface area contributed by atoms with E-state index in [-0.39, 0.29) is 0 Å². The van der Waals surface area contributed by atoms with Crippen LogP contribution >= 0.6 is 0 Å². The highest BCUT2D eigenvalue weighted by molar-refractivity contribution is 4.77. The highest BCUT2D eigenvalue weighted by Crippen LogP contribution is 2.37. The molecule has 0 N–H and O–H groups in total. The Kier molecular flexibility index (Phi) is 6.51. The first kappa shape index (κ1) is 12.0. The van der Waals surface area contributed by atoms with E-state index in [2.05, 4.69) is 20.8 Å². The second kappa shape index (κ2) is 6.51. The molecular formula is C12H26. The molecule has 0 radical (unpaired) electrons. The Bertz CT molecular complexity index is 86.2. The van der Waals surface area contributed by atoms with Crippen molar-refractivity contribution in [3.05, 3.63) is 0 Å². The molecule has 0 aromatic heterocycles. The van der Waals surface area contributed by atoms with Gasteiger partial charge >= 0.3 is 0 Å². The van der Waals surface area contributed by atoms with E-state index in [4.69, 9.17) is 0 Å². The molecule has 0 nitrogen and oxygen atoms in total. The van der Waals surface area contributed by atoms with Crippen molar-refractivity contribution >= 4 is 0 Å². The quantitative estimate of drug-likeness (QED) is 0.572. The molecule has 0 saturated heterocycles. The molecule has 1 aliphatic rings. The van der Waals surface area contributed by atoms with Gasteiger partial charge in [0, 0.05) is 0 Å². The highest BCUT2D eigenvalue weighted by Gasteiger charge is 2.26. The van der Waals surface area contributed by atoms with Gasteiger partial charge in [0.05, 0.1) is 0 Å². The maximum atomic E-state index is 2.40. The van der Waals surface area contributed by atoms with E-state index in [1.807, 2.05) is 13.8 Å². The lowest BCUT2D eigenvalue weighted by Gasteiger charge is -2.05. The number of hydrogen-bond acceptors (Lipinski definition) is 0. The second-order valence-electron chi connectivity index (χ2n) is 4.08.